The van der Waals surface area contributed by atoms with E-state index in [0.717, 1.165) is 6.42 Å². The topological polar surface area (TPSA) is 0 Å². The van der Waals surface area contributed by atoms with Crippen LogP contribution < -0.4 is 0 Å². The zero-order chi connectivity index (χ0) is 15.0. The average molecular weight is 268 g/mol. The number of hydrogen-bond donors (Lipinski definition) is 0. The number of aryl methyl sites for hydroxylation is 2. The first-order chi connectivity index (χ1) is 9.40. The molecular weight excluding hydrogens is 240 g/mol. The maximum atomic E-state index is 2.33. The lowest BCUT2D eigenvalue weighted by Crippen LogP contribution is -2.08. The van der Waals surface area contributed by atoms with Crippen LogP contribution in [0.15, 0.2) is 18.2 Å². The molecule has 0 saturated heterocycles. The first-order valence-electron chi connectivity index (χ1n) is 7.94. The lowest BCUT2D eigenvalue weighted by atomic mass is 9.79. The van der Waals surface area contributed by atoms with E-state index in [1.807, 2.05) is 0 Å². The van der Waals surface area contributed by atoms with Gasteiger partial charge in [-0.1, -0.05) is 52.8 Å². The van der Waals surface area contributed by atoms with Crippen molar-refractivity contribution in [3.63, 3.8) is 0 Å². The molecule has 2 aromatic rings. The summed E-state index contributed by atoms with van der Waals surface area (Å²) in [6, 6.07) is 6.77. The Morgan fingerprint density at radius 2 is 1.50 bits per heavy atom. The standard InChI is InChI=1S/C20H28/c1-8-16-15(7)20-14(6)10-9-11-17(20)19(13(4)5)18(16)12(2)3/h9-13H,8H2,1-7H3. The SMILES string of the molecule is CCc1c(C(C)C)c(C(C)C)c2cccc(C)c2c1C. The molecule has 0 radical (unpaired) electrons. The molecule has 2 rings (SSSR count). The van der Waals surface area contributed by atoms with E-state index in [1.54, 1.807) is 16.7 Å². The molecule has 0 spiro atoms. The molecule has 0 bridgehead atoms. The van der Waals surface area contributed by atoms with Crippen molar-refractivity contribution < 1.29 is 0 Å². The Morgan fingerprint density at radius 1 is 0.900 bits per heavy atom. The van der Waals surface area contributed by atoms with Crippen LogP contribution in [0.2, 0.25) is 0 Å². The van der Waals surface area contributed by atoms with Crippen LogP contribution in [0, 0.1) is 13.8 Å². The Bertz CT molecular complexity index is 630. The van der Waals surface area contributed by atoms with Crippen molar-refractivity contribution in [3.05, 3.63) is 46.0 Å². The van der Waals surface area contributed by atoms with E-state index in [2.05, 4.69) is 66.7 Å². The Morgan fingerprint density at radius 3 is 2.00 bits per heavy atom. The zero-order valence-corrected chi connectivity index (χ0v) is 14.1. The molecule has 0 aromatic heterocycles. The minimum absolute atomic E-state index is 0.572. The quantitative estimate of drug-likeness (QED) is 0.615. The fourth-order valence-electron chi connectivity index (χ4n) is 3.79. The second-order valence-electron chi connectivity index (χ2n) is 6.59. The highest BCUT2D eigenvalue weighted by atomic mass is 14.2. The molecule has 2 aromatic carbocycles. The van der Waals surface area contributed by atoms with Gasteiger partial charge in [0.15, 0.2) is 0 Å². The van der Waals surface area contributed by atoms with Gasteiger partial charge in [-0.3, -0.25) is 0 Å². The van der Waals surface area contributed by atoms with E-state index >= 15 is 0 Å². The fraction of sp³-hybridized carbons (Fsp3) is 0.500. The second-order valence-corrected chi connectivity index (χ2v) is 6.59. The summed E-state index contributed by atoms with van der Waals surface area (Å²) in [5.41, 5.74) is 7.64. The van der Waals surface area contributed by atoms with Crippen LogP contribution in [0.5, 0.6) is 0 Å². The summed E-state index contributed by atoms with van der Waals surface area (Å²) >= 11 is 0. The predicted octanol–water partition coefficient (Wildman–Crippen LogP) is 6.27. The van der Waals surface area contributed by atoms with Gasteiger partial charge in [-0.2, -0.15) is 0 Å². The van der Waals surface area contributed by atoms with Crippen LogP contribution in [0.3, 0.4) is 0 Å². The van der Waals surface area contributed by atoms with Crippen molar-refractivity contribution in [3.8, 4) is 0 Å². The highest BCUT2D eigenvalue weighted by Crippen LogP contribution is 2.39. The van der Waals surface area contributed by atoms with Gasteiger partial charge in [-0.05, 0) is 70.7 Å². The summed E-state index contributed by atoms with van der Waals surface area (Å²) in [4.78, 5) is 0. The van der Waals surface area contributed by atoms with Crippen LogP contribution in [0.1, 0.15) is 74.3 Å². The molecule has 0 aliphatic heterocycles. The van der Waals surface area contributed by atoms with Crippen molar-refractivity contribution in [1.82, 2.24) is 0 Å². The van der Waals surface area contributed by atoms with Gasteiger partial charge in [0.1, 0.15) is 0 Å². The van der Waals surface area contributed by atoms with Crippen molar-refractivity contribution in [2.45, 2.75) is 66.7 Å². The summed E-state index contributed by atoms with van der Waals surface area (Å²) in [6.07, 6.45) is 1.13. The molecular formula is C20H28. The summed E-state index contributed by atoms with van der Waals surface area (Å²) in [5, 5.41) is 2.95. The second kappa shape index (κ2) is 5.60. The molecule has 0 aliphatic carbocycles. The number of hydrogen-bond acceptors (Lipinski definition) is 0. The normalized spacial score (nSPS) is 11.8. The van der Waals surface area contributed by atoms with E-state index in [9.17, 15) is 0 Å². The van der Waals surface area contributed by atoms with Gasteiger partial charge in [0, 0.05) is 0 Å². The molecule has 0 atom stereocenters. The fourth-order valence-corrected chi connectivity index (χ4v) is 3.79. The monoisotopic (exact) mass is 268 g/mol. The lowest BCUT2D eigenvalue weighted by Gasteiger charge is -2.25. The van der Waals surface area contributed by atoms with E-state index in [0.29, 0.717) is 11.8 Å². The largest absolute Gasteiger partial charge is 0.0614 e. The number of fused-ring (bicyclic) bond motifs is 1. The van der Waals surface area contributed by atoms with Crippen LogP contribution in [0.25, 0.3) is 10.8 Å². The van der Waals surface area contributed by atoms with Crippen molar-refractivity contribution >= 4 is 10.8 Å². The smallest absolute Gasteiger partial charge is 0.0120 e. The molecule has 0 saturated carbocycles. The summed E-state index contributed by atoms with van der Waals surface area (Å²) in [5.74, 6) is 1.16. The minimum Gasteiger partial charge on any atom is -0.0614 e. The van der Waals surface area contributed by atoms with Gasteiger partial charge in [0.05, 0.1) is 0 Å². The van der Waals surface area contributed by atoms with E-state index in [-0.39, 0.29) is 0 Å². The molecule has 0 unspecified atom stereocenters. The zero-order valence-electron chi connectivity index (χ0n) is 14.1. The van der Waals surface area contributed by atoms with Crippen molar-refractivity contribution in [2.24, 2.45) is 0 Å². The third kappa shape index (κ3) is 2.26. The van der Waals surface area contributed by atoms with E-state index in [4.69, 9.17) is 0 Å². The van der Waals surface area contributed by atoms with Gasteiger partial charge >= 0.3 is 0 Å². The first-order valence-corrected chi connectivity index (χ1v) is 7.94. The van der Waals surface area contributed by atoms with Crippen LogP contribution in [0.4, 0.5) is 0 Å². The Kier molecular flexibility index (Phi) is 4.22. The molecule has 0 N–H and O–H groups in total. The average Bonchev–Trinajstić information content (AvgIpc) is 2.37. The van der Waals surface area contributed by atoms with Crippen LogP contribution in [-0.2, 0) is 6.42 Å². The maximum absolute atomic E-state index is 2.33. The molecule has 0 heterocycles. The number of rotatable bonds is 3. The van der Waals surface area contributed by atoms with Crippen molar-refractivity contribution in [1.29, 1.82) is 0 Å². The van der Waals surface area contributed by atoms with Crippen LogP contribution in [-0.4, -0.2) is 0 Å². The van der Waals surface area contributed by atoms with E-state index in [1.165, 1.54) is 21.9 Å². The maximum Gasteiger partial charge on any atom is -0.0120 e. The third-order valence-electron chi connectivity index (χ3n) is 4.51. The van der Waals surface area contributed by atoms with Crippen LogP contribution >= 0.6 is 0 Å². The predicted molar refractivity (Wildman–Crippen MR) is 91.0 cm³/mol. The number of benzene rings is 2. The third-order valence-corrected chi connectivity index (χ3v) is 4.51. The first kappa shape index (κ1) is 15.1. The Balaban J connectivity index is 3.06. The molecule has 20 heavy (non-hydrogen) atoms. The molecule has 0 nitrogen and oxygen atoms in total. The highest BCUT2D eigenvalue weighted by molar-refractivity contribution is 5.94. The Hall–Kier alpha value is -1.30. The summed E-state index contributed by atoms with van der Waals surface area (Å²) in [7, 11) is 0. The summed E-state index contributed by atoms with van der Waals surface area (Å²) < 4.78 is 0. The van der Waals surface area contributed by atoms with Gasteiger partial charge in [0.25, 0.3) is 0 Å². The Labute approximate surface area is 124 Å². The minimum atomic E-state index is 0.572. The van der Waals surface area contributed by atoms with Gasteiger partial charge in [-0.15, -0.1) is 0 Å². The van der Waals surface area contributed by atoms with Gasteiger partial charge in [0.2, 0.25) is 0 Å². The molecule has 108 valence electrons. The molecule has 0 aliphatic rings. The molecule has 0 heteroatoms. The van der Waals surface area contributed by atoms with Gasteiger partial charge in [-0.25, -0.2) is 0 Å². The molecule has 0 amide bonds. The molecule has 0 fully saturated rings. The van der Waals surface area contributed by atoms with Gasteiger partial charge < -0.3 is 0 Å². The summed E-state index contributed by atoms with van der Waals surface area (Å²) in [6.45, 7) is 16.2. The van der Waals surface area contributed by atoms with Crippen molar-refractivity contribution in [2.75, 3.05) is 0 Å². The lowest BCUT2D eigenvalue weighted by molar-refractivity contribution is 0.781. The van der Waals surface area contributed by atoms with E-state index < -0.39 is 0 Å². The highest BCUT2D eigenvalue weighted by Gasteiger charge is 2.20.